The molecule has 0 saturated heterocycles. The number of nitrogens with zero attached hydrogens (tertiary/aromatic N) is 3. The van der Waals surface area contributed by atoms with Crippen molar-refractivity contribution in [3.63, 3.8) is 0 Å². The molecule has 1 heterocycles. The van der Waals surface area contributed by atoms with Gasteiger partial charge in [0.15, 0.2) is 0 Å². The minimum absolute atomic E-state index is 0.00251. The van der Waals surface area contributed by atoms with Crippen LogP contribution in [-0.2, 0) is 5.54 Å². The summed E-state index contributed by atoms with van der Waals surface area (Å²) in [5, 5.41) is 19.1. The standard InChI is InChI=1S/C18H26N4O2/c1-12(15-8-7-9-16(10-15)22(23)24)19-13(2)17-11-21(18(4,5)6)20-14(17)3/h7-13,19H,1-6H3. The van der Waals surface area contributed by atoms with Gasteiger partial charge in [0.25, 0.3) is 5.69 Å². The highest BCUT2D eigenvalue weighted by Crippen LogP contribution is 2.25. The average Bonchev–Trinajstić information content (AvgIpc) is 2.89. The van der Waals surface area contributed by atoms with Crippen LogP contribution >= 0.6 is 0 Å². The Kier molecular flexibility index (Phi) is 5.08. The van der Waals surface area contributed by atoms with Gasteiger partial charge in [0.1, 0.15) is 0 Å². The molecule has 2 aromatic rings. The Morgan fingerprint density at radius 2 is 1.92 bits per heavy atom. The molecule has 130 valence electrons. The molecule has 0 fully saturated rings. The van der Waals surface area contributed by atoms with Crippen LogP contribution in [0, 0.1) is 17.0 Å². The molecule has 1 aromatic carbocycles. The molecule has 0 aliphatic carbocycles. The van der Waals surface area contributed by atoms with Gasteiger partial charge in [0.05, 0.1) is 16.2 Å². The van der Waals surface area contributed by atoms with Gasteiger partial charge in [-0.15, -0.1) is 0 Å². The second-order valence-electron chi connectivity index (χ2n) is 7.25. The van der Waals surface area contributed by atoms with Crippen molar-refractivity contribution in [2.45, 2.75) is 59.2 Å². The van der Waals surface area contributed by atoms with Gasteiger partial charge >= 0.3 is 0 Å². The number of nitro groups is 1. The Morgan fingerprint density at radius 3 is 2.46 bits per heavy atom. The van der Waals surface area contributed by atoms with Crippen LogP contribution in [0.2, 0.25) is 0 Å². The smallest absolute Gasteiger partial charge is 0.269 e. The molecular formula is C18H26N4O2. The maximum atomic E-state index is 10.9. The maximum absolute atomic E-state index is 10.9. The van der Waals surface area contributed by atoms with Crippen LogP contribution < -0.4 is 5.32 Å². The van der Waals surface area contributed by atoms with Crippen LogP contribution in [0.15, 0.2) is 30.5 Å². The first-order chi connectivity index (χ1) is 11.1. The molecule has 0 aliphatic rings. The number of rotatable bonds is 5. The Bertz CT molecular complexity index is 731. The third-order valence-corrected chi connectivity index (χ3v) is 4.17. The second-order valence-corrected chi connectivity index (χ2v) is 7.25. The molecule has 6 heteroatoms. The number of aromatic nitrogens is 2. The van der Waals surface area contributed by atoms with Crippen LogP contribution in [0.1, 0.15) is 63.5 Å². The third kappa shape index (κ3) is 4.00. The van der Waals surface area contributed by atoms with Crippen molar-refractivity contribution in [1.29, 1.82) is 0 Å². The highest BCUT2D eigenvalue weighted by molar-refractivity contribution is 5.35. The molecule has 0 saturated carbocycles. The van der Waals surface area contributed by atoms with Gasteiger partial charge in [-0.1, -0.05) is 12.1 Å². The van der Waals surface area contributed by atoms with E-state index in [9.17, 15) is 10.1 Å². The lowest BCUT2D eigenvalue weighted by Gasteiger charge is -2.21. The molecule has 0 bridgehead atoms. The van der Waals surface area contributed by atoms with E-state index in [0.717, 1.165) is 16.8 Å². The van der Waals surface area contributed by atoms with E-state index < -0.39 is 0 Å². The molecule has 0 radical (unpaired) electrons. The van der Waals surface area contributed by atoms with E-state index >= 15 is 0 Å². The molecule has 0 spiro atoms. The normalized spacial score (nSPS) is 14.4. The maximum Gasteiger partial charge on any atom is 0.269 e. The zero-order chi connectivity index (χ0) is 18.1. The topological polar surface area (TPSA) is 73.0 Å². The quantitative estimate of drug-likeness (QED) is 0.656. The zero-order valence-corrected chi connectivity index (χ0v) is 15.2. The van der Waals surface area contributed by atoms with E-state index in [1.807, 2.05) is 24.6 Å². The van der Waals surface area contributed by atoms with Gasteiger partial charge in [0, 0.05) is 36.0 Å². The molecule has 2 atom stereocenters. The van der Waals surface area contributed by atoms with Crippen molar-refractivity contribution in [2.75, 3.05) is 0 Å². The molecular weight excluding hydrogens is 304 g/mol. The van der Waals surface area contributed by atoms with Gasteiger partial charge in [-0.2, -0.15) is 5.10 Å². The monoisotopic (exact) mass is 330 g/mol. The lowest BCUT2D eigenvalue weighted by atomic mass is 10.0. The first-order valence-electron chi connectivity index (χ1n) is 8.16. The minimum Gasteiger partial charge on any atom is -0.304 e. The van der Waals surface area contributed by atoms with E-state index in [0.29, 0.717) is 0 Å². The van der Waals surface area contributed by atoms with Crippen LogP contribution in [-0.4, -0.2) is 14.7 Å². The number of aryl methyl sites for hydroxylation is 1. The van der Waals surface area contributed by atoms with Crippen molar-refractivity contribution in [2.24, 2.45) is 0 Å². The van der Waals surface area contributed by atoms with E-state index in [1.165, 1.54) is 6.07 Å². The fourth-order valence-electron chi connectivity index (χ4n) is 2.71. The van der Waals surface area contributed by atoms with Crippen molar-refractivity contribution < 1.29 is 4.92 Å². The molecule has 2 rings (SSSR count). The fourth-order valence-corrected chi connectivity index (χ4v) is 2.71. The summed E-state index contributed by atoms with van der Waals surface area (Å²) in [6.45, 7) is 12.5. The molecule has 1 aromatic heterocycles. The fraction of sp³-hybridized carbons (Fsp3) is 0.500. The second kappa shape index (κ2) is 6.73. The van der Waals surface area contributed by atoms with E-state index in [4.69, 9.17) is 0 Å². The van der Waals surface area contributed by atoms with Crippen molar-refractivity contribution >= 4 is 5.69 Å². The first kappa shape index (κ1) is 18.1. The van der Waals surface area contributed by atoms with Gasteiger partial charge in [-0.25, -0.2) is 0 Å². The van der Waals surface area contributed by atoms with Crippen LogP contribution in [0.3, 0.4) is 0 Å². The number of hydrogen-bond acceptors (Lipinski definition) is 4. The molecule has 2 unspecified atom stereocenters. The molecule has 1 N–H and O–H groups in total. The third-order valence-electron chi connectivity index (χ3n) is 4.17. The number of benzene rings is 1. The summed E-state index contributed by atoms with van der Waals surface area (Å²) in [6, 6.07) is 6.85. The Balaban J connectivity index is 2.17. The average molecular weight is 330 g/mol. The van der Waals surface area contributed by atoms with E-state index in [2.05, 4.69) is 44.3 Å². The van der Waals surface area contributed by atoms with Gasteiger partial charge in [-0.05, 0) is 47.1 Å². The largest absolute Gasteiger partial charge is 0.304 e. The summed E-state index contributed by atoms with van der Waals surface area (Å²) in [4.78, 5) is 10.6. The summed E-state index contributed by atoms with van der Waals surface area (Å²) in [5.74, 6) is 0. The lowest BCUT2D eigenvalue weighted by Crippen LogP contribution is -2.23. The summed E-state index contributed by atoms with van der Waals surface area (Å²) in [5.41, 5.74) is 3.09. The number of non-ortho nitro benzene ring substituents is 1. The number of hydrogen-bond donors (Lipinski definition) is 1. The summed E-state index contributed by atoms with van der Waals surface area (Å²) in [7, 11) is 0. The number of nitro benzene ring substituents is 1. The minimum atomic E-state index is -0.364. The number of nitrogens with one attached hydrogen (secondary N) is 1. The van der Waals surface area contributed by atoms with Crippen LogP contribution in [0.5, 0.6) is 0 Å². The summed E-state index contributed by atoms with van der Waals surface area (Å²) in [6.07, 6.45) is 2.08. The van der Waals surface area contributed by atoms with E-state index in [-0.39, 0.29) is 28.2 Å². The molecule has 6 nitrogen and oxygen atoms in total. The molecule has 0 aliphatic heterocycles. The van der Waals surface area contributed by atoms with Crippen molar-refractivity contribution in [3.05, 3.63) is 57.4 Å². The van der Waals surface area contributed by atoms with E-state index in [1.54, 1.807) is 12.1 Å². The van der Waals surface area contributed by atoms with Gasteiger partial charge < -0.3 is 5.32 Å². The van der Waals surface area contributed by atoms with Crippen molar-refractivity contribution in [1.82, 2.24) is 15.1 Å². The zero-order valence-electron chi connectivity index (χ0n) is 15.2. The predicted octanol–water partition coefficient (Wildman–Crippen LogP) is 4.27. The molecule has 0 amide bonds. The summed E-state index contributed by atoms with van der Waals surface area (Å²) >= 11 is 0. The highest BCUT2D eigenvalue weighted by Gasteiger charge is 2.20. The van der Waals surface area contributed by atoms with Gasteiger partial charge in [0.2, 0.25) is 0 Å². The van der Waals surface area contributed by atoms with Crippen LogP contribution in [0.25, 0.3) is 0 Å². The highest BCUT2D eigenvalue weighted by atomic mass is 16.6. The Hall–Kier alpha value is -2.21. The Morgan fingerprint density at radius 1 is 1.25 bits per heavy atom. The summed E-state index contributed by atoms with van der Waals surface area (Å²) < 4.78 is 1.98. The predicted molar refractivity (Wildman–Crippen MR) is 95.0 cm³/mol. The first-order valence-corrected chi connectivity index (χ1v) is 8.16. The van der Waals surface area contributed by atoms with Crippen molar-refractivity contribution in [3.8, 4) is 0 Å². The van der Waals surface area contributed by atoms with Gasteiger partial charge in [-0.3, -0.25) is 14.8 Å². The lowest BCUT2D eigenvalue weighted by molar-refractivity contribution is -0.384. The SMILES string of the molecule is Cc1nn(C(C)(C)C)cc1C(C)NC(C)c1cccc([N+](=O)[O-])c1. The Labute approximate surface area is 143 Å². The molecule has 24 heavy (non-hydrogen) atoms. The van der Waals surface area contributed by atoms with Crippen LogP contribution in [0.4, 0.5) is 5.69 Å².